The second kappa shape index (κ2) is 7.10. The van der Waals surface area contributed by atoms with Crippen molar-refractivity contribution in [3.63, 3.8) is 0 Å². The zero-order valence-electron chi connectivity index (χ0n) is 13.3. The van der Waals surface area contributed by atoms with Crippen LogP contribution in [0.15, 0.2) is 53.6 Å². The second-order valence-electron chi connectivity index (χ2n) is 4.88. The van der Waals surface area contributed by atoms with Crippen molar-refractivity contribution in [1.82, 2.24) is 14.9 Å². The molecule has 0 unspecified atom stereocenters. The summed E-state index contributed by atoms with van der Waals surface area (Å²) in [5.41, 5.74) is 1.69. The SMILES string of the molecule is COc1cccc(-c2n[nH]c(=S)n2/N=C/c2ccccc2OC)c1. The Morgan fingerprint density at radius 2 is 1.96 bits per heavy atom. The smallest absolute Gasteiger partial charge is 0.216 e. The maximum absolute atomic E-state index is 5.32. The van der Waals surface area contributed by atoms with Crippen molar-refractivity contribution in [2.24, 2.45) is 5.10 Å². The topological polar surface area (TPSA) is 64.4 Å². The fourth-order valence-electron chi connectivity index (χ4n) is 2.24. The summed E-state index contributed by atoms with van der Waals surface area (Å²) >= 11 is 5.28. The predicted molar refractivity (Wildman–Crippen MR) is 95.4 cm³/mol. The number of aromatic amines is 1. The number of methoxy groups -OCH3 is 2. The molecular weight excluding hydrogens is 324 g/mol. The first-order valence-corrected chi connectivity index (χ1v) is 7.63. The molecule has 0 saturated heterocycles. The summed E-state index contributed by atoms with van der Waals surface area (Å²) in [6, 6.07) is 15.2. The lowest BCUT2D eigenvalue weighted by Crippen LogP contribution is -1.97. The molecule has 1 aromatic heterocycles. The highest BCUT2D eigenvalue weighted by atomic mass is 32.1. The Labute approximate surface area is 144 Å². The van der Waals surface area contributed by atoms with Crippen LogP contribution < -0.4 is 9.47 Å². The third kappa shape index (κ3) is 3.21. The number of H-pyrrole nitrogens is 1. The largest absolute Gasteiger partial charge is 0.497 e. The monoisotopic (exact) mass is 340 g/mol. The molecule has 0 aliphatic heterocycles. The molecule has 1 heterocycles. The molecule has 3 rings (SSSR count). The van der Waals surface area contributed by atoms with Gasteiger partial charge in [-0.25, -0.2) is 5.10 Å². The van der Waals surface area contributed by atoms with Gasteiger partial charge in [0.1, 0.15) is 11.5 Å². The highest BCUT2D eigenvalue weighted by molar-refractivity contribution is 7.71. The van der Waals surface area contributed by atoms with Gasteiger partial charge in [0.25, 0.3) is 0 Å². The number of nitrogens with one attached hydrogen (secondary N) is 1. The maximum atomic E-state index is 5.32. The number of ether oxygens (including phenoxy) is 2. The first-order chi connectivity index (χ1) is 11.7. The van der Waals surface area contributed by atoms with Crippen LogP contribution in [0.3, 0.4) is 0 Å². The minimum Gasteiger partial charge on any atom is -0.497 e. The van der Waals surface area contributed by atoms with Gasteiger partial charge in [0.2, 0.25) is 4.77 Å². The van der Waals surface area contributed by atoms with Crippen LogP contribution in [0.2, 0.25) is 0 Å². The molecule has 0 spiro atoms. The predicted octanol–water partition coefficient (Wildman–Crippen LogP) is 3.51. The van der Waals surface area contributed by atoms with E-state index in [1.807, 2.05) is 48.5 Å². The molecule has 6 nitrogen and oxygen atoms in total. The molecule has 0 fully saturated rings. The summed E-state index contributed by atoms with van der Waals surface area (Å²) in [6.07, 6.45) is 1.69. The first-order valence-electron chi connectivity index (χ1n) is 7.22. The summed E-state index contributed by atoms with van der Waals surface area (Å²) < 4.78 is 12.5. The lowest BCUT2D eigenvalue weighted by molar-refractivity contribution is 0.414. The molecule has 0 atom stereocenters. The minimum absolute atomic E-state index is 0.402. The van der Waals surface area contributed by atoms with Gasteiger partial charge in [-0.15, -0.1) is 0 Å². The Bertz CT molecular complexity index is 930. The van der Waals surface area contributed by atoms with Crippen LogP contribution >= 0.6 is 12.2 Å². The Kier molecular flexibility index (Phi) is 4.72. The van der Waals surface area contributed by atoms with Gasteiger partial charge in [-0.1, -0.05) is 24.3 Å². The van der Waals surface area contributed by atoms with Crippen LogP contribution in [0, 0.1) is 4.77 Å². The van der Waals surface area contributed by atoms with Crippen LogP contribution in [-0.2, 0) is 0 Å². The van der Waals surface area contributed by atoms with E-state index in [0.717, 1.165) is 22.6 Å². The normalized spacial score (nSPS) is 10.9. The number of aromatic nitrogens is 3. The fourth-order valence-corrected chi connectivity index (χ4v) is 2.42. The summed E-state index contributed by atoms with van der Waals surface area (Å²) in [7, 11) is 3.24. The maximum Gasteiger partial charge on any atom is 0.216 e. The van der Waals surface area contributed by atoms with E-state index in [-0.39, 0.29) is 0 Å². The van der Waals surface area contributed by atoms with Crippen LogP contribution in [0.25, 0.3) is 11.4 Å². The minimum atomic E-state index is 0.402. The van der Waals surface area contributed by atoms with Crippen molar-refractivity contribution in [3.05, 3.63) is 58.9 Å². The van der Waals surface area contributed by atoms with E-state index < -0.39 is 0 Å². The third-order valence-corrected chi connectivity index (χ3v) is 3.69. The summed E-state index contributed by atoms with van der Waals surface area (Å²) in [6.45, 7) is 0. The van der Waals surface area contributed by atoms with Crippen molar-refractivity contribution >= 4 is 18.4 Å². The van der Waals surface area contributed by atoms with E-state index in [1.54, 1.807) is 25.1 Å². The van der Waals surface area contributed by atoms with Gasteiger partial charge < -0.3 is 9.47 Å². The van der Waals surface area contributed by atoms with Crippen LogP contribution in [0.5, 0.6) is 11.5 Å². The highest BCUT2D eigenvalue weighted by Crippen LogP contribution is 2.22. The standard InChI is InChI=1S/C17H16N4O2S/c1-22-14-8-5-7-12(10-14)16-19-20-17(24)21(16)18-11-13-6-3-4-9-15(13)23-2/h3-11H,1-2H3,(H,20,24)/b18-11+. The van der Waals surface area contributed by atoms with Crippen molar-refractivity contribution in [2.45, 2.75) is 0 Å². The zero-order chi connectivity index (χ0) is 16.9. The molecular formula is C17H16N4O2S. The Hall–Kier alpha value is -2.93. The van der Waals surface area contributed by atoms with E-state index in [0.29, 0.717) is 10.6 Å². The summed E-state index contributed by atoms with van der Waals surface area (Å²) in [5.74, 6) is 2.07. The summed E-state index contributed by atoms with van der Waals surface area (Å²) in [5, 5.41) is 11.5. The van der Waals surface area contributed by atoms with Gasteiger partial charge in [0.15, 0.2) is 5.82 Å². The van der Waals surface area contributed by atoms with E-state index in [2.05, 4.69) is 15.3 Å². The molecule has 0 amide bonds. The Morgan fingerprint density at radius 1 is 1.12 bits per heavy atom. The number of benzene rings is 2. The first kappa shape index (κ1) is 15.9. The van der Waals surface area contributed by atoms with Gasteiger partial charge in [0, 0.05) is 11.1 Å². The number of hydrogen-bond acceptors (Lipinski definition) is 5. The molecule has 7 heteroatoms. The molecule has 1 N–H and O–H groups in total. The molecule has 0 aliphatic carbocycles. The molecule has 0 bridgehead atoms. The molecule has 24 heavy (non-hydrogen) atoms. The Morgan fingerprint density at radius 3 is 2.75 bits per heavy atom. The molecule has 2 aromatic carbocycles. The second-order valence-corrected chi connectivity index (χ2v) is 5.27. The fraction of sp³-hybridized carbons (Fsp3) is 0.118. The molecule has 122 valence electrons. The van der Waals surface area contributed by atoms with Crippen molar-refractivity contribution in [1.29, 1.82) is 0 Å². The van der Waals surface area contributed by atoms with E-state index in [4.69, 9.17) is 21.7 Å². The van der Waals surface area contributed by atoms with E-state index in [9.17, 15) is 0 Å². The van der Waals surface area contributed by atoms with Crippen molar-refractivity contribution in [2.75, 3.05) is 14.2 Å². The number of hydrogen-bond donors (Lipinski definition) is 1. The third-order valence-electron chi connectivity index (χ3n) is 3.43. The van der Waals surface area contributed by atoms with Crippen LogP contribution in [0.1, 0.15) is 5.56 Å². The average molecular weight is 340 g/mol. The molecule has 0 saturated carbocycles. The molecule has 3 aromatic rings. The number of rotatable bonds is 5. The van der Waals surface area contributed by atoms with Gasteiger partial charge >= 0.3 is 0 Å². The summed E-state index contributed by atoms with van der Waals surface area (Å²) in [4.78, 5) is 0. The highest BCUT2D eigenvalue weighted by Gasteiger charge is 2.09. The van der Waals surface area contributed by atoms with Crippen LogP contribution in [-0.4, -0.2) is 35.3 Å². The van der Waals surface area contributed by atoms with E-state index in [1.165, 1.54) is 0 Å². The van der Waals surface area contributed by atoms with Crippen LogP contribution in [0.4, 0.5) is 0 Å². The van der Waals surface area contributed by atoms with Crippen molar-refractivity contribution in [3.8, 4) is 22.9 Å². The zero-order valence-corrected chi connectivity index (χ0v) is 14.1. The van der Waals surface area contributed by atoms with Gasteiger partial charge in [-0.05, 0) is 36.5 Å². The average Bonchev–Trinajstić information content (AvgIpc) is 3.00. The Balaban J connectivity index is 2.02. The number of nitrogens with zero attached hydrogens (tertiary/aromatic N) is 3. The van der Waals surface area contributed by atoms with Gasteiger partial charge in [-0.3, -0.25) is 0 Å². The lowest BCUT2D eigenvalue weighted by Gasteiger charge is -2.05. The van der Waals surface area contributed by atoms with Crippen molar-refractivity contribution < 1.29 is 9.47 Å². The number of para-hydroxylation sites is 1. The van der Waals surface area contributed by atoms with Gasteiger partial charge in [0.05, 0.1) is 20.4 Å². The van der Waals surface area contributed by atoms with Gasteiger partial charge in [-0.2, -0.15) is 14.9 Å². The van der Waals surface area contributed by atoms with E-state index >= 15 is 0 Å². The lowest BCUT2D eigenvalue weighted by atomic mass is 10.2. The molecule has 0 radical (unpaired) electrons. The molecule has 0 aliphatic rings. The quantitative estimate of drug-likeness (QED) is 0.570.